The minimum atomic E-state index is -0.654. The fourth-order valence-corrected chi connectivity index (χ4v) is 2.69. The summed E-state index contributed by atoms with van der Waals surface area (Å²) in [6, 6.07) is 11.6. The summed E-state index contributed by atoms with van der Waals surface area (Å²) < 4.78 is 15.5. The molecule has 29 heavy (non-hydrogen) atoms. The van der Waals surface area contributed by atoms with Crippen molar-refractivity contribution < 1.29 is 28.0 Å². The Kier molecular flexibility index (Phi) is 6.13. The lowest BCUT2D eigenvalue weighted by atomic mass is 10.1. The third-order valence-electron chi connectivity index (χ3n) is 4.04. The summed E-state index contributed by atoms with van der Waals surface area (Å²) in [5.41, 5.74) is 0.855. The molecule has 2 aromatic heterocycles. The largest absolute Gasteiger partial charge is 0.467 e. The molecule has 3 rings (SSSR count). The maximum atomic E-state index is 12.4. The third-order valence-corrected chi connectivity index (χ3v) is 4.04. The van der Waals surface area contributed by atoms with E-state index in [4.69, 9.17) is 13.6 Å². The van der Waals surface area contributed by atoms with Gasteiger partial charge in [-0.25, -0.2) is 4.79 Å². The number of carbonyl (C=O) groups excluding carboxylic acids is 3. The first-order valence-electron chi connectivity index (χ1n) is 8.87. The van der Waals surface area contributed by atoms with Crippen molar-refractivity contribution in [3.8, 4) is 0 Å². The first-order valence-corrected chi connectivity index (χ1v) is 8.87. The van der Waals surface area contributed by atoms with Gasteiger partial charge >= 0.3 is 5.97 Å². The fourth-order valence-electron chi connectivity index (χ4n) is 2.69. The summed E-state index contributed by atoms with van der Waals surface area (Å²) in [7, 11) is 0. The number of esters is 1. The summed E-state index contributed by atoms with van der Waals surface area (Å²) in [6.45, 7) is 3.08. The standard InChI is InChI=1S/C21H20N2O6/c1-13-10-17(14(2)29-13)21(26)28-12-19(24)23-18-8-4-3-7-16(18)20(25)22-11-15-6-5-9-27-15/h3-10H,11-12H2,1-2H3,(H,22,25)(H,23,24). The molecule has 0 saturated heterocycles. The van der Waals surface area contributed by atoms with Crippen molar-refractivity contribution in [3.63, 3.8) is 0 Å². The van der Waals surface area contributed by atoms with E-state index in [9.17, 15) is 14.4 Å². The maximum Gasteiger partial charge on any atom is 0.342 e. The van der Waals surface area contributed by atoms with E-state index < -0.39 is 18.5 Å². The summed E-state index contributed by atoms with van der Waals surface area (Å²) in [5.74, 6) is 0.0108. The first-order chi connectivity index (χ1) is 13.9. The van der Waals surface area contributed by atoms with Crippen LogP contribution >= 0.6 is 0 Å². The lowest BCUT2D eigenvalue weighted by molar-refractivity contribution is -0.119. The zero-order valence-electron chi connectivity index (χ0n) is 16.0. The highest BCUT2D eigenvalue weighted by molar-refractivity contribution is 6.04. The van der Waals surface area contributed by atoms with Gasteiger partial charge in [-0.3, -0.25) is 9.59 Å². The van der Waals surface area contributed by atoms with Gasteiger partial charge in [0.2, 0.25) is 0 Å². The highest BCUT2D eigenvalue weighted by atomic mass is 16.5. The van der Waals surface area contributed by atoms with Crippen LogP contribution in [0.4, 0.5) is 5.69 Å². The van der Waals surface area contributed by atoms with E-state index in [1.165, 1.54) is 6.26 Å². The molecule has 0 aliphatic carbocycles. The number of para-hydroxylation sites is 1. The second-order valence-corrected chi connectivity index (χ2v) is 6.26. The van der Waals surface area contributed by atoms with Crippen molar-refractivity contribution in [2.45, 2.75) is 20.4 Å². The van der Waals surface area contributed by atoms with Crippen LogP contribution in [0, 0.1) is 13.8 Å². The molecule has 0 unspecified atom stereocenters. The quantitative estimate of drug-likeness (QED) is 0.593. The molecule has 0 atom stereocenters. The molecule has 0 spiro atoms. The monoisotopic (exact) mass is 396 g/mol. The summed E-state index contributed by atoms with van der Waals surface area (Å²) >= 11 is 0. The van der Waals surface area contributed by atoms with Crippen molar-refractivity contribution in [2.24, 2.45) is 0 Å². The van der Waals surface area contributed by atoms with Crippen molar-refractivity contribution >= 4 is 23.5 Å². The van der Waals surface area contributed by atoms with E-state index in [0.29, 0.717) is 23.0 Å². The molecule has 0 bridgehead atoms. The minimum Gasteiger partial charge on any atom is -0.467 e. The number of rotatable bonds is 7. The number of nitrogens with one attached hydrogen (secondary N) is 2. The Bertz CT molecular complexity index is 1020. The molecule has 3 aromatic rings. The van der Waals surface area contributed by atoms with Gasteiger partial charge in [-0.15, -0.1) is 0 Å². The van der Waals surface area contributed by atoms with Crippen molar-refractivity contribution in [1.29, 1.82) is 0 Å². The molecular weight excluding hydrogens is 376 g/mol. The Labute approximate surface area is 166 Å². The van der Waals surface area contributed by atoms with Crippen molar-refractivity contribution in [1.82, 2.24) is 5.32 Å². The molecule has 1 aromatic carbocycles. The average molecular weight is 396 g/mol. The Morgan fingerprint density at radius 3 is 2.52 bits per heavy atom. The summed E-state index contributed by atoms with van der Waals surface area (Å²) in [5, 5.41) is 5.30. The lowest BCUT2D eigenvalue weighted by Crippen LogP contribution is -2.26. The van der Waals surface area contributed by atoms with Crippen LogP contribution in [0.3, 0.4) is 0 Å². The summed E-state index contributed by atoms with van der Waals surface area (Å²) in [4.78, 5) is 36.7. The van der Waals surface area contributed by atoms with Gasteiger partial charge in [-0.2, -0.15) is 0 Å². The molecule has 0 aliphatic rings. The molecule has 8 heteroatoms. The zero-order valence-corrected chi connectivity index (χ0v) is 16.0. The molecule has 0 aliphatic heterocycles. The number of aryl methyl sites for hydroxylation is 2. The highest BCUT2D eigenvalue weighted by Crippen LogP contribution is 2.17. The Balaban J connectivity index is 1.58. The van der Waals surface area contributed by atoms with Crippen molar-refractivity contribution in [2.75, 3.05) is 11.9 Å². The van der Waals surface area contributed by atoms with Crippen LogP contribution < -0.4 is 10.6 Å². The van der Waals surface area contributed by atoms with Crippen LogP contribution in [-0.4, -0.2) is 24.4 Å². The zero-order chi connectivity index (χ0) is 20.8. The molecule has 150 valence electrons. The average Bonchev–Trinajstić information content (AvgIpc) is 3.33. The van der Waals surface area contributed by atoms with Crippen LogP contribution in [0.2, 0.25) is 0 Å². The van der Waals surface area contributed by atoms with Crippen molar-refractivity contribution in [3.05, 3.63) is 77.1 Å². The Hall–Kier alpha value is -3.81. The third kappa shape index (κ3) is 5.13. The molecule has 0 fully saturated rings. The fraction of sp³-hybridized carbons (Fsp3) is 0.190. The molecule has 8 nitrogen and oxygen atoms in total. The van der Waals surface area contributed by atoms with Gasteiger partial charge in [0.15, 0.2) is 6.61 Å². The number of ether oxygens (including phenoxy) is 1. The van der Waals surface area contributed by atoms with Gasteiger partial charge in [-0.05, 0) is 44.2 Å². The SMILES string of the molecule is Cc1cc(C(=O)OCC(=O)Nc2ccccc2C(=O)NCc2ccco2)c(C)o1. The van der Waals surface area contributed by atoms with Gasteiger partial charge in [0.25, 0.3) is 11.8 Å². The summed E-state index contributed by atoms with van der Waals surface area (Å²) in [6.07, 6.45) is 1.52. The number of furan rings is 2. The van der Waals surface area contributed by atoms with Gasteiger partial charge in [0, 0.05) is 0 Å². The van der Waals surface area contributed by atoms with Crippen LogP contribution in [0.15, 0.2) is 57.6 Å². The first kappa shape index (κ1) is 19.9. The number of hydrogen-bond donors (Lipinski definition) is 2. The molecular formula is C21H20N2O6. The maximum absolute atomic E-state index is 12.4. The van der Waals surface area contributed by atoms with E-state index in [1.54, 1.807) is 56.3 Å². The normalized spacial score (nSPS) is 10.4. The Morgan fingerprint density at radius 2 is 1.83 bits per heavy atom. The topological polar surface area (TPSA) is 111 Å². The number of anilines is 1. The predicted molar refractivity (Wildman–Crippen MR) is 103 cm³/mol. The van der Waals surface area contributed by atoms with Crippen LogP contribution in [-0.2, 0) is 16.1 Å². The van der Waals surface area contributed by atoms with Gasteiger partial charge in [0.1, 0.15) is 22.8 Å². The molecule has 0 radical (unpaired) electrons. The van der Waals surface area contributed by atoms with Gasteiger partial charge in [0.05, 0.1) is 24.1 Å². The number of carbonyl (C=O) groups is 3. The van der Waals surface area contributed by atoms with E-state index in [0.717, 1.165) is 0 Å². The van der Waals surface area contributed by atoms with E-state index in [2.05, 4.69) is 10.6 Å². The van der Waals surface area contributed by atoms with E-state index in [-0.39, 0.29) is 23.6 Å². The highest BCUT2D eigenvalue weighted by Gasteiger charge is 2.18. The van der Waals surface area contributed by atoms with E-state index >= 15 is 0 Å². The number of benzene rings is 1. The number of hydrogen-bond acceptors (Lipinski definition) is 6. The molecule has 2 amide bonds. The van der Waals surface area contributed by atoms with Crippen LogP contribution in [0.5, 0.6) is 0 Å². The van der Waals surface area contributed by atoms with Crippen LogP contribution in [0.25, 0.3) is 0 Å². The predicted octanol–water partition coefficient (Wildman–Crippen LogP) is 3.21. The second-order valence-electron chi connectivity index (χ2n) is 6.26. The Morgan fingerprint density at radius 1 is 1.03 bits per heavy atom. The molecule has 0 saturated carbocycles. The number of amides is 2. The van der Waals surface area contributed by atoms with Gasteiger partial charge in [-0.1, -0.05) is 12.1 Å². The minimum absolute atomic E-state index is 0.217. The van der Waals surface area contributed by atoms with E-state index in [1.807, 2.05) is 0 Å². The molecule has 2 N–H and O–H groups in total. The molecule has 2 heterocycles. The van der Waals surface area contributed by atoms with Crippen LogP contribution in [0.1, 0.15) is 38.0 Å². The second kappa shape index (κ2) is 8.92. The smallest absolute Gasteiger partial charge is 0.342 e. The lowest BCUT2D eigenvalue weighted by Gasteiger charge is -2.11. The van der Waals surface area contributed by atoms with Gasteiger partial charge < -0.3 is 24.2 Å².